The predicted molar refractivity (Wildman–Crippen MR) is 148 cm³/mol. The van der Waals surface area contributed by atoms with Gasteiger partial charge in [0.2, 0.25) is 0 Å². The number of rotatable bonds is 9. The Hall–Kier alpha value is -3.68. The molecule has 0 fully saturated rings. The second kappa shape index (κ2) is 12.2. The smallest absolute Gasteiger partial charge is 0.338 e. The molecule has 0 saturated heterocycles. The van der Waals surface area contributed by atoms with Crippen LogP contribution in [0.3, 0.4) is 0 Å². The number of ether oxygens (including phenoxy) is 3. The number of aromatic nitrogens is 1. The molecule has 0 bridgehead atoms. The summed E-state index contributed by atoms with van der Waals surface area (Å²) in [5.74, 6) is 0.553. The average molecular weight is 597 g/mol. The first-order chi connectivity index (χ1) is 18.4. The molecule has 2 heterocycles. The number of nitriles is 1. The zero-order valence-electron chi connectivity index (χ0n) is 21.2. The van der Waals surface area contributed by atoms with Crippen molar-refractivity contribution >= 4 is 39.3 Å². The number of thiazole rings is 1. The monoisotopic (exact) mass is 595 g/mol. The normalized spacial score (nSPS) is 14.9. The second-order valence-corrected chi connectivity index (χ2v) is 10.2. The SMILES string of the molecule is CCCC1=C(C(=O)OCC)[C@@H](c2cc(Br)ccc2OC)n2c(s/c(=C/c3cccc(OCC#N)c3)c2=O)=N1. The number of carbonyl (C=O) groups is 1. The fraction of sp³-hybridized carbons (Fsp3) is 0.286. The van der Waals surface area contributed by atoms with E-state index in [-0.39, 0.29) is 18.8 Å². The first-order valence-corrected chi connectivity index (χ1v) is 13.7. The molecule has 2 aromatic carbocycles. The van der Waals surface area contributed by atoms with Gasteiger partial charge in [-0.05, 0) is 55.3 Å². The predicted octanol–water partition coefficient (Wildman–Crippen LogP) is 4.25. The Morgan fingerprint density at radius 3 is 2.79 bits per heavy atom. The van der Waals surface area contributed by atoms with Crippen molar-refractivity contribution in [2.24, 2.45) is 4.99 Å². The molecule has 0 N–H and O–H groups in total. The van der Waals surface area contributed by atoms with Crippen LogP contribution >= 0.6 is 27.3 Å². The van der Waals surface area contributed by atoms with Gasteiger partial charge in [0.05, 0.1) is 29.5 Å². The summed E-state index contributed by atoms with van der Waals surface area (Å²) in [6.07, 6.45) is 3.06. The molecule has 0 radical (unpaired) electrons. The Bertz CT molecular complexity index is 1620. The summed E-state index contributed by atoms with van der Waals surface area (Å²) >= 11 is 4.77. The van der Waals surface area contributed by atoms with Gasteiger partial charge in [-0.25, -0.2) is 9.79 Å². The maximum Gasteiger partial charge on any atom is 0.338 e. The second-order valence-electron chi connectivity index (χ2n) is 8.32. The fourth-order valence-electron chi connectivity index (χ4n) is 4.30. The van der Waals surface area contributed by atoms with Crippen molar-refractivity contribution in [1.29, 1.82) is 5.26 Å². The van der Waals surface area contributed by atoms with Gasteiger partial charge < -0.3 is 14.2 Å². The molecular formula is C28H26BrN3O5S. The molecule has 0 aliphatic carbocycles. The minimum Gasteiger partial charge on any atom is -0.496 e. The molecule has 1 aromatic heterocycles. The Labute approximate surface area is 232 Å². The molecular weight excluding hydrogens is 570 g/mol. The number of carbonyl (C=O) groups excluding carboxylic acids is 1. The standard InChI is InChI=1S/C28H26BrN3O5S/c1-4-7-21-24(27(34)36-5-2)25(20-16-18(29)10-11-22(20)35-3)32-26(33)23(38-28(32)31-21)15-17-8-6-9-19(14-17)37-13-12-30/h6,8-11,14-16,25H,4-5,7,13H2,1-3H3/b23-15+/t25-/m1/s1. The third kappa shape index (κ3) is 5.59. The van der Waals surface area contributed by atoms with Gasteiger partial charge in [0.25, 0.3) is 5.56 Å². The van der Waals surface area contributed by atoms with Crippen molar-refractivity contribution in [2.45, 2.75) is 32.7 Å². The van der Waals surface area contributed by atoms with E-state index in [0.717, 1.165) is 16.5 Å². The minimum atomic E-state index is -0.785. The van der Waals surface area contributed by atoms with E-state index >= 15 is 0 Å². The number of halogens is 1. The zero-order valence-corrected chi connectivity index (χ0v) is 23.6. The lowest BCUT2D eigenvalue weighted by Gasteiger charge is -2.27. The van der Waals surface area contributed by atoms with E-state index in [1.165, 1.54) is 11.3 Å². The molecule has 4 rings (SSSR count). The van der Waals surface area contributed by atoms with E-state index in [2.05, 4.69) is 15.9 Å². The number of nitrogens with zero attached hydrogens (tertiary/aromatic N) is 3. The molecule has 0 saturated carbocycles. The van der Waals surface area contributed by atoms with Crippen molar-refractivity contribution in [3.63, 3.8) is 0 Å². The van der Waals surface area contributed by atoms with Crippen LogP contribution in [-0.2, 0) is 9.53 Å². The maximum absolute atomic E-state index is 13.9. The fourth-order valence-corrected chi connectivity index (χ4v) is 5.69. The highest BCUT2D eigenvalue weighted by molar-refractivity contribution is 9.10. The van der Waals surface area contributed by atoms with Crippen LogP contribution in [-0.4, -0.2) is 30.9 Å². The van der Waals surface area contributed by atoms with Gasteiger partial charge in [-0.15, -0.1) is 0 Å². The Morgan fingerprint density at radius 2 is 2.08 bits per heavy atom. The summed E-state index contributed by atoms with van der Waals surface area (Å²) in [6.45, 7) is 3.88. The lowest BCUT2D eigenvalue weighted by Crippen LogP contribution is -2.40. The van der Waals surface area contributed by atoms with Crippen LogP contribution in [0.4, 0.5) is 0 Å². The number of hydrogen-bond donors (Lipinski definition) is 0. The summed E-state index contributed by atoms with van der Waals surface area (Å²) < 4.78 is 19.3. The Morgan fingerprint density at radius 1 is 1.26 bits per heavy atom. The average Bonchev–Trinajstić information content (AvgIpc) is 3.21. The highest BCUT2D eigenvalue weighted by Crippen LogP contribution is 2.38. The lowest BCUT2D eigenvalue weighted by molar-refractivity contribution is -0.139. The summed E-state index contributed by atoms with van der Waals surface area (Å²) in [5.41, 5.74) is 2.02. The van der Waals surface area contributed by atoms with Gasteiger partial charge >= 0.3 is 5.97 Å². The van der Waals surface area contributed by atoms with E-state index in [1.54, 1.807) is 48.9 Å². The molecule has 0 amide bonds. The van der Waals surface area contributed by atoms with Crippen LogP contribution in [0.15, 0.2) is 68.0 Å². The highest BCUT2D eigenvalue weighted by atomic mass is 79.9. The Kier molecular flexibility index (Phi) is 8.81. The van der Waals surface area contributed by atoms with Crippen molar-refractivity contribution in [3.05, 3.63) is 89.0 Å². The van der Waals surface area contributed by atoms with Gasteiger partial charge in [0, 0.05) is 10.0 Å². The van der Waals surface area contributed by atoms with Crippen molar-refractivity contribution < 1.29 is 19.0 Å². The third-order valence-electron chi connectivity index (χ3n) is 5.84. The minimum absolute atomic E-state index is 0.0725. The van der Waals surface area contributed by atoms with Gasteiger partial charge in [-0.3, -0.25) is 9.36 Å². The van der Waals surface area contributed by atoms with Gasteiger partial charge in [0.1, 0.15) is 23.6 Å². The van der Waals surface area contributed by atoms with Crippen LogP contribution in [0.1, 0.15) is 43.9 Å². The summed E-state index contributed by atoms with van der Waals surface area (Å²) in [7, 11) is 1.55. The van der Waals surface area contributed by atoms with Crippen LogP contribution in [0.2, 0.25) is 0 Å². The van der Waals surface area contributed by atoms with Crippen LogP contribution < -0.4 is 24.4 Å². The first kappa shape index (κ1) is 27.4. The summed E-state index contributed by atoms with van der Waals surface area (Å²) in [6, 6.07) is 13.8. The molecule has 8 nitrogen and oxygen atoms in total. The van der Waals surface area contributed by atoms with E-state index < -0.39 is 12.0 Å². The zero-order chi connectivity index (χ0) is 27.2. The topological polar surface area (TPSA) is 103 Å². The number of methoxy groups -OCH3 is 1. The first-order valence-electron chi connectivity index (χ1n) is 12.1. The van der Waals surface area contributed by atoms with Gasteiger partial charge in [-0.1, -0.05) is 52.7 Å². The number of fused-ring (bicyclic) bond motifs is 1. The lowest BCUT2D eigenvalue weighted by atomic mass is 9.93. The van der Waals surface area contributed by atoms with E-state index in [4.69, 9.17) is 24.5 Å². The molecule has 0 unspecified atom stereocenters. The maximum atomic E-state index is 13.9. The molecule has 1 atom stereocenters. The van der Waals surface area contributed by atoms with Crippen molar-refractivity contribution in [3.8, 4) is 17.6 Å². The van der Waals surface area contributed by atoms with E-state index in [9.17, 15) is 9.59 Å². The largest absolute Gasteiger partial charge is 0.496 e. The molecule has 10 heteroatoms. The number of esters is 1. The molecule has 1 aliphatic rings. The quantitative estimate of drug-likeness (QED) is 0.343. The van der Waals surface area contributed by atoms with E-state index in [1.807, 2.05) is 31.2 Å². The number of allylic oxidation sites excluding steroid dienone is 1. The number of hydrogen-bond acceptors (Lipinski definition) is 8. The van der Waals surface area contributed by atoms with Crippen LogP contribution in [0.5, 0.6) is 11.5 Å². The molecule has 1 aliphatic heterocycles. The Balaban J connectivity index is 1.99. The van der Waals surface area contributed by atoms with Gasteiger partial charge in [0.15, 0.2) is 11.4 Å². The molecule has 196 valence electrons. The van der Waals surface area contributed by atoms with Gasteiger partial charge in [-0.2, -0.15) is 5.26 Å². The van der Waals surface area contributed by atoms with Crippen molar-refractivity contribution in [1.82, 2.24) is 4.57 Å². The van der Waals surface area contributed by atoms with Crippen LogP contribution in [0, 0.1) is 11.3 Å². The highest BCUT2D eigenvalue weighted by Gasteiger charge is 2.36. The molecule has 3 aromatic rings. The van der Waals surface area contributed by atoms with Crippen LogP contribution in [0.25, 0.3) is 6.08 Å². The third-order valence-corrected chi connectivity index (χ3v) is 7.31. The number of benzene rings is 2. The summed E-state index contributed by atoms with van der Waals surface area (Å²) in [5, 5.41) is 8.80. The van der Waals surface area contributed by atoms with Crippen molar-refractivity contribution in [2.75, 3.05) is 20.3 Å². The summed E-state index contributed by atoms with van der Waals surface area (Å²) in [4.78, 5) is 32.5. The molecule has 38 heavy (non-hydrogen) atoms. The van der Waals surface area contributed by atoms with E-state index in [0.29, 0.717) is 44.1 Å². The molecule has 0 spiro atoms.